The predicted molar refractivity (Wildman–Crippen MR) is 82.8 cm³/mol. The van der Waals surface area contributed by atoms with Crippen molar-refractivity contribution in [2.75, 3.05) is 19.7 Å². The van der Waals surface area contributed by atoms with Crippen LogP contribution < -0.4 is 15.4 Å². The van der Waals surface area contributed by atoms with E-state index in [1.54, 1.807) is 0 Å². The first-order valence-electron chi connectivity index (χ1n) is 7.03. The molecule has 2 unspecified atom stereocenters. The third kappa shape index (κ3) is 4.80. The quantitative estimate of drug-likeness (QED) is 0.864. The molecule has 2 rings (SSSR count). The van der Waals surface area contributed by atoms with Gasteiger partial charge >= 0.3 is 0 Å². The number of amides is 1. The fourth-order valence-electron chi connectivity index (χ4n) is 2.28. The van der Waals surface area contributed by atoms with E-state index < -0.39 is 0 Å². The van der Waals surface area contributed by atoms with Gasteiger partial charge < -0.3 is 15.4 Å². The molecule has 110 valence electrons. The van der Waals surface area contributed by atoms with Gasteiger partial charge in [-0.3, -0.25) is 4.79 Å². The van der Waals surface area contributed by atoms with Crippen LogP contribution in [0.25, 0.3) is 0 Å². The van der Waals surface area contributed by atoms with Crippen LogP contribution >= 0.6 is 15.9 Å². The number of halogens is 1. The molecule has 0 aromatic heterocycles. The summed E-state index contributed by atoms with van der Waals surface area (Å²) in [5, 5.41) is 6.38. The fraction of sp³-hybridized carbons (Fsp3) is 0.533. The number of hydrogen-bond acceptors (Lipinski definition) is 3. The summed E-state index contributed by atoms with van der Waals surface area (Å²) in [5.41, 5.74) is 0. The first kappa shape index (κ1) is 15.3. The van der Waals surface area contributed by atoms with Crippen molar-refractivity contribution in [3.8, 4) is 5.75 Å². The Bertz CT molecular complexity index is 453. The smallest absolute Gasteiger partial charge is 0.223 e. The van der Waals surface area contributed by atoms with Crippen LogP contribution in [0.15, 0.2) is 28.7 Å². The second-order valence-electron chi connectivity index (χ2n) is 5.20. The molecule has 0 radical (unpaired) electrons. The second-order valence-corrected chi connectivity index (χ2v) is 6.12. The minimum atomic E-state index is 0.0561. The fourth-order valence-corrected chi connectivity index (χ4v) is 2.66. The Morgan fingerprint density at radius 3 is 3.15 bits per heavy atom. The topological polar surface area (TPSA) is 50.4 Å². The van der Waals surface area contributed by atoms with E-state index in [1.807, 2.05) is 24.3 Å². The Balaban J connectivity index is 1.70. The van der Waals surface area contributed by atoms with Crippen molar-refractivity contribution >= 4 is 21.8 Å². The number of benzene rings is 1. The molecule has 0 saturated carbocycles. The van der Waals surface area contributed by atoms with Gasteiger partial charge in [0.2, 0.25) is 5.91 Å². The minimum absolute atomic E-state index is 0.0561. The highest BCUT2D eigenvalue weighted by molar-refractivity contribution is 9.10. The molecule has 5 heteroatoms. The number of hydrogen-bond donors (Lipinski definition) is 2. The molecule has 1 aromatic carbocycles. The first-order valence-corrected chi connectivity index (χ1v) is 7.83. The lowest BCUT2D eigenvalue weighted by Crippen LogP contribution is -2.50. The maximum Gasteiger partial charge on any atom is 0.223 e. The van der Waals surface area contributed by atoms with Crippen LogP contribution in [0.2, 0.25) is 0 Å². The Kier molecular flexibility index (Phi) is 5.86. The molecule has 1 aliphatic rings. The SMILES string of the molecule is CC1CCNCC1NC(=O)CCOc1cccc(Br)c1. The standard InChI is InChI=1S/C15H21BrN2O2/c1-11-5-7-17-10-14(11)18-15(19)6-8-20-13-4-2-3-12(16)9-13/h2-4,9,11,14,17H,5-8,10H2,1H3,(H,18,19). The summed E-state index contributed by atoms with van der Waals surface area (Å²) in [4.78, 5) is 11.9. The van der Waals surface area contributed by atoms with Crippen molar-refractivity contribution in [1.29, 1.82) is 0 Å². The highest BCUT2D eigenvalue weighted by Gasteiger charge is 2.22. The molecular weight excluding hydrogens is 320 g/mol. The van der Waals surface area contributed by atoms with E-state index >= 15 is 0 Å². The van der Waals surface area contributed by atoms with Crippen LogP contribution in [0.3, 0.4) is 0 Å². The second kappa shape index (κ2) is 7.64. The van der Waals surface area contributed by atoms with Crippen molar-refractivity contribution in [1.82, 2.24) is 10.6 Å². The lowest BCUT2D eigenvalue weighted by molar-refractivity contribution is -0.122. The molecule has 2 N–H and O–H groups in total. The van der Waals surface area contributed by atoms with Gasteiger partial charge in [0.1, 0.15) is 5.75 Å². The summed E-state index contributed by atoms with van der Waals surface area (Å²) in [7, 11) is 0. The van der Waals surface area contributed by atoms with Gasteiger partial charge in [-0.05, 0) is 37.1 Å². The van der Waals surface area contributed by atoms with Gasteiger partial charge in [-0.15, -0.1) is 0 Å². The largest absolute Gasteiger partial charge is 0.493 e. The van der Waals surface area contributed by atoms with E-state index in [0.717, 1.165) is 29.7 Å². The molecule has 1 amide bonds. The molecule has 1 heterocycles. The number of nitrogens with one attached hydrogen (secondary N) is 2. The molecule has 20 heavy (non-hydrogen) atoms. The Labute approximate surface area is 128 Å². The maximum absolute atomic E-state index is 11.9. The van der Waals surface area contributed by atoms with Crippen molar-refractivity contribution in [3.05, 3.63) is 28.7 Å². The van der Waals surface area contributed by atoms with Crippen molar-refractivity contribution in [2.45, 2.75) is 25.8 Å². The zero-order chi connectivity index (χ0) is 14.4. The average Bonchev–Trinajstić information content (AvgIpc) is 2.41. The molecule has 1 aromatic rings. The van der Waals surface area contributed by atoms with Gasteiger partial charge in [-0.25, -0.2) is 0 Å². The molecule has 1 aliphatic heterocycles. The molecule has 0 spiro atoms. The van der Waals surface area contributed by atoms with Crippen molar-refractivity contribution in [3.63, 3.8) is 0 Å². The molecule has 1 saturated heterocycles. The van der Waals surface area contributed by atoms with Crippen LogP contribution in [0, 0.1) is 5.92 Å². The van der Waals surface area contributed by atoms with Crippen LogP contribution in [-0.2, 0) is 4.79 Å². The maximum atomic E-state index is 11.9. The number of carbonyl (C=O) groups is 1. The highest BCUT2D eigenvalue weighted by atomic mass is 79.9. The summed E-state index contributed by atoms with van der Waals surface area (Å²) in [5.74, 6) is 1.37. The van der Waals surface area contributed by atoms with Crippen LogP contribution in [-0.4, -0.2) is 31.6 Å². The molecule has 0 aliphatic carbocycles. The van der Waals surface area contributed by atoms with Gasteiger partial charge in [0.15, 0.2) is 0 Å². The average molecular weight is 341 g/mol. The minimum Gasteiger partial charge on any atom is -0.493 e. The molecular formula is C15H21BrN2O2. The van der Waals surface area contributed by atoms with Gasteiger partial charge in [0.25, 0.3) is 0 Å². The van der Waals surface area contributed by atoms with Gasteiger partial charge in [0.05, 0.1) is 13.0 Å². The molecule has 1 fully saturated rings. The Hall–Kier alpha value is -1.07. The molecule has 4 nitrogen and oxygen atoms in total. The number of rotatable bonds is 5. The van der Waals surface area contributed by atoms with E-state index in [1.165, 1.54) is 0 Å². The van der Waals surface area contributed by atoms with E-state index in [9.17, 15) is 4.79 Å². The number of piperidine rings is 1. The monoisotopic (exact) mass is 340 g/mol. The van der Waals surface area contributed by atoms with Crippen LogP contribution in [0.4, 0.5) is 0 Å². The lowest BCUT2D eigenvalue weighted by atomic mass is 9.95. The molecule has 0 bridgehead atoms. The van der Waals surface area contributed by atoms with Gasteiger partial charge in [-0.2, -0.15) is 0 Å². The van der Waals surface area contributed by atoms with Gasteiger partial charge in [-0.1, -0.05) is 28.9 Å². The summed E-state index contributed by atoms with van der Waals surface area (Å²) in [6.45, 7) is 4.49. The van der Waals surface area contributed by atoms with Crippen molar-refractivity contribution in [2.24, 2.45) is 5.92 Å². The van der Waals surface area contributed by atoms with Crippen molar-refractivity contribution < 1.29 is 9.53 Å². The highest BCUT2D eigenvalue weighted by Crippen LogP contribution is 2.17. The third-order valence-corrected chi connectivity index (χ3v) is 4.06. The van der Waals surface area contributed by atoms with E-state index in [4.69, 9.17) is 4.74 Å². The van der Waals surface area contributed by atoms with Crippen LogP contribution in [0.1, 0.15) is 19.8 Å². The summed E-state index contributed by atoms with van der Waals surface area (Å²) < 4.78 is 6.54. The summed E-state index contributed by atoms with van der Waals surface area (Å²) in [6, 6.07) is 7.87. The lowest BCUT2D eigenvalue weighted by Gasteiger charge is -2.30. The van der Waals surface area contributed by atoms with E-state index in [2.05, 4.69) is 33.5 Å². The molecule has 2 atom stereocenters. The first-order chi connectivity index (χ1) is 9.65. The van der Waals surface area contributed by atoms with Gasteiger partial charge in [0, 0.05) is 17.1 Å². The zero-order valence-corrected chi connectivity index (χ0v) is 13.3. The Morgan fingerprint density at radius 2 is 2.40 bits per heavy atom. The number of carbonyl (C=O) groups excluding carboxylic acids is 1. The Morgan fingerprint density at radius 1 is 1.55 bits per heavy atom. The predicted octanol–water partition coefficient (Wildman–Crippen LogP) is 2.33. The normalized spacial score (nSPS) is 22.3. The third-order valence-electron chi connectivity index (χ3n) is 3.57. The van der Waals surface area contributed by atoms with Crippen LogP contribution in [0.5, 0.6) is 5.75 Å². The van der Waals surface area contributed by atoms with E-state index in [-0.39, 0.29) is 11.9 Å². The summed E-state index contributed by atoms with van der Waals surface area (Å²) in [6.07, 6.45) is 1.50. The number of ether oxygens (including phenoxy) is 1. The zero-order valence-electron chi connectivity index (χ0n) is 11.7. The van der Waals surface area contributed by atoms with E-state index in [0.29, 0.717) is 18.9 Å². The summed E-state index contributed by atoms with van der Waals surface area (Å²) >= 11 is 3.39.